The lowest BCUT2D eigenvalue weighted by molar-refractivity contribution is -0.126. The van der Waals surface area contributed by atoms with Gasteiger partial charge in [-0.25, -0.2) is 13.2 Å². The third-order valence-corrected chi connectivity index (χ3v) is 10.5. The van der Waals surface area contributed by atoms with Crippen molar-refractivity contribution in [3.05, 3.63) is 78.3 Å². The first kappa shape index (κ1) is 31.1. The minimum absolute atomic E-state index is 0.000813. The fourth-order valence-corrected chi connectivity index (χ4v) is 7.95. The molecule has 244 valence electrons. The van der Waals surface area contributed by atoms with E-state index in [1.54, 1.807) is 36.2 Å². The number of anilines is 1. The molecule has 3 aliphatic rings. The molecule has 7 rings (SSSR count). The lowest BCUT2D eigenvalue weighted by Gasteiger charge is -2.32. The van der Waals surface area contributed by atoms with Gasteiger partial charge >= 0.3 is 6.01 Å². The Labute approximate surface area is 271 Å². The van der Waals surface area contributed by atoms with E-state index >= 15 is 4.39 Å². The number of carbonyl (C=O) groups is 1. The van der Waals surface area contributed by atoms with Crippen molar-refractivity contribution in [2.24, 2.45) is 0 Å². The molecule has 0 N–H and O–H groups in total. The second-order valence-electron chi connectivity index (χ2n) is 13.0. The Morgan fingerprint density at radius 3 is 2.83 bits per heavy atom. The molecule has 2 aromatic heterocycles. The number of aromatic nitrogens is 3. The summed E-state index contributed by atoms with van der Waals surface area (Å²) in [5, 5.41) is 1.72. The van der Waals surface area contributed by atoms with E-state index in [9.17, 15) is 13.6 Å². The molecule has 4 aromatic rings. The third kappa shape index (κ3) is 5.11. The van der Waals surface area contributed by atoms with Gasteiger partial charge in [0.1, 0.15) is 29.5 Å². The van der Waals surface area contributed by atoms with Crippen LogP contribution < -0.4 is 9.64 Å². The molecule has 3 saturated heterocycles. The first-order chi connectivity index (χ1) is 22.7. The highest BCUT2D eigenvalue weighted by Crippen LogP contribution is 2.42. The minimum Gasteiger partial charge on any atom is -0.461 e. The largest absolute Gasteiger partial charge is 0.461 e. The van der Waals surface area contributed by atoms with Crippen molar-refractivity contribution >= 4 is 33.4 Å². The molecular formula is C36H37F3N6O2. The van der Waals surface area contributed by atoms with Gasteiger partial charge in [0.15, 0.2) is 5.82 Å². The fourth-order valence-electron chi connectivity index (χ4n) is 7.95. The highest BCUT2D eigenvalue weighted by Gasteiger charge is 2.47. The Kier molecular flexibility index (Phi) is 7.90. The first-order valence-electron chi connectivity index (χ1n) is 16.0. The summed E-state index contributed by atoms with van der Waals surface area (Å²) in [6.45, 7) is 9.45. The Hall–Kier alpha value is -4.51. The number of rotatable bonds is 7. The summed E-state index contributed by atoms with van der Waals surface area (Å²) in [6.07, 6.45) is 6.59. The number of amides is 1. The molecule has 8 nitrogen and oxygen atoms in total. The van der Waals surface area contributed by atoms with Crippen LogP contribution in [-0.2, 0) is 4.79 Å². The van der Waals surface area contributed by atoms with Crippen LogP contribution >= 0.6 is 0 Å². The number of fused-ring (bicyclic) bond motifs is 3. The molecule has 0 unspecified atom stereocenters. The van der Waals surface area contributed by atoms with E-state index in [4.69, 9.17) is 9.72 Å². The summed E-state index contributed by atoms with van der Waals surface area (Å²) in [4.78, 5) is 32.4. The number of carbonyl (C=O) groups excluding carboxylic acids is 1. The zero-order chi connectivity index (χ0) is 33.0. The second kappa shape index (κ2) is 11.9. The van der Waals surface area contributed by atoms with Gasteiger partial charge in [0.25, 0.3) is 0 Å². The number of hydrogen-bond acceptors (Lipinski definition) is 7. The molecule has 0 radical (unpaired) electrons. The number of nitrogens with zero attached hydrogens (tertiary/aromatic N) is 6. The van der Waals surface area contributed by atoms with Crippen LogP contribution in [0.15, 0.2) is 61.1 Å². The van der Waals surface area contributed by atoms with Crippen molar-refractivity contribution in [2.45, 2.75) is 57.2 Å². The van der Waals surface area contributed by atoms with Gasteiger partial charge in [-0.05, 0) is 80.1 Å². The summed E-state index contributed by atoms with van der Waals surface area (Å²) in [7, 11) is 1.87. The van der Waals surface area contributed by atoms with Crippen molar-refractivity contribution < 1.29 is 22.7 Å². The van der Waals surface area contributed by atoms with Crippen LogP contribution in [0.4, 0.5) is 19.0 Å². The van der Waals surface area contributed by atoms with Crippen LogP contribution in [0.5, 0.6) is 6.01 Å². The molecule has 1 amide bonds. The monoisotopic (exact) mass is 642 g/mol. The molecular weight excluding hydrogens is 605 g/mol. The zero-order valence-electron chi connectivity index (χ0n) is 26.8. The van der Waals surface area contributed by atoms with Crippen molar-refractivity contribution in [1.82, 2.24) is 24.8 Å². The highest BCUT2D eigenvalue weighted by molar-refractivity contribution is 6.00. The number of ether oxygens (including phenoxy) is 1. The lowest BCUT2D eigenvalue weighted by Crippen LogP contribution is -2.44. The summed E-state index contributed by atoms with van der Waals surface area (Å²) in [5.74, 6) is -0.791. The van der Waals surface area contributed by atoms with Crippen molar-refractivity contribution in [1.29, 1.82) is 0 Å². The van der Waals surface area contributed by atoms with Gasteiger partial charge < -0.3 is 14.5 Å². The third-order valence-electron chi connectivity index (χ3n) is 10.5. The fraction of sp³-hybridized carbons (Fsp3) is 0.389. The molecule has 3 aliphatic heterocycles. The molecule has 0 spiro atoms. The second-order valence-corrected chi connectivity index (χ2v) is 13.0. The standard InChI is InChI=1S/C36H37F3N6O2/c1-5-29(46)45-15-12-28(22(45)3)43(4)34-26-18-40-32(25-9-6-8-24-10-11-27(38)21(2)30(24)25)31(39)33(26)41-35(42-34)47-20-36-13-7-14-44(36)19-23(16-36)17-37/h5-6,8-11,17-18,22,28H,1,7,12-16,19-20H2,2-4H3/b23-17-/t22-,28-,36-/m1/s1. The molecule has 0 saturated carbocycles. The van der Waals surface area contributed by atoms with E-state index in [0.717, 1.165) is 30.3 Å². The zero-order valence-corrected chi connectivity index (χ0v) is 26.8. The maximum atomic E-state index is 16.8. The van der Waals surface area contributed by atoms with Crippen molar-refractivity contribution in [3.63, 3.8) is 0 Å². The van der Waals surface area contributed by atoms with Crippen LogP contribution in [0, 0.1) is 18.6 Å². The molecule has 0 aliphatic carbocycles. The molecule has 3 fully saturated rings. The van der Waals surface area contributed by atoms with Crippen LogP contribution in [0.2, 0.25) is 0 Å². The summed E-state index contributed by atoms with van der Waals surface area (Å²) < 4.78 is 51.4. The van der Waals surface area contributed by atoms with Crippen LogP contribution in [0.3, 0.4) is 0 Å². The van der Waals surface area contributed by atoms with Crippen molar-refractivity contribution in [3.8, 4) is 17.3 Å². The van der Waals surface area contributed by atoms with E-state index < -0.39 is 5.82 Å². The van der Waals surface area contributed by atoms with E-state index in [1.165, 1.54) is 12.1 Å². The molecule has 2 aromatic carbocycles. The molecule has 11 heteroatoms. The van der Waals surface area contributed by atoms with Crippen LogP contribution in [0.25, 0.3) is 32.9 Å². The maximum Gasteiger partial charge on any atom is 0.319 e. The average Bonchev–Trinajstić information content (AvgIpc) is 3.76. The number of halogens is 3. The van der Waals surface area contributed by atoms with Crippen LogP contribution in [0.1, 0.15) is 38.2 Å². The van der Waals surface area contributed by atoms with E-state index in [-0.39, 0.29) is 53.2 Å². The minimum atomic E-state index is -0.673. The summed E-state index contributed by atoms with van der Waals surface area (Å²) in [5.41, 5.74) is 1.27. The molecule has 3 atom stereocenters. The van der Waals surface area contributed by atoms with Gasteiger partial charge in [-0.1, -0.05) is 30.8 Å². The van der Waals surface area contributed by atoms with Gasteiger partial charge in [0.05, 0.1) is 23.3 Å². The van der Waals surface area contributed by atoms with Gasteiger partial charge in [0, 0.05) is 37.9 Å². The van der Waals surface area contributed by atoms with Crippen LogP contribution in [-0.4, -0.2) is 81.6 Å². The van der Waals surface area contributed by atoms with E-state index in [2.05, 4.69) is 21.4 Å². The predicted molar refractivity (Wildman–Crippen MR) is 176 cm³/mol. The van der Waals surface area contributed by atoms with Gasteiger partial charge in [0.2, 0.25) is 5.91 Å². The number of aryl methyl sites for hydroxylation is 1. The van der Waals surface area contributed by atoms with Gasteiger partial charge in [-0.3, -0.25) is 14.7 Å². The predicted octanol–water partition coefficient (Wildman–Crippen LogP) is 6.51. The Morgan fingerprint density at radius 2 is 2.04 bits per heavy atom. The summed E-state index contributed by atoms with van der Waals surface area (Å²) >= 11 is 0. The van der Waals surface area contributed by atoms with Gasteiger partial charge in [-0.15, -0.1) is 0 Å². The maximum absolute atomic E-state index is 16.8. The number of likely N-dealkylation sites (tertiary alicyclic amines) is 1. The number of hydrogen-bond donors (Lipinski definition) is 0. The quantitative estimate of drug-likeness (QED) is 0.213. The molecule has 0 bridgehead atoms. The molecule has 5 heterocycles. The number of pyridine rings is 1. The topological polar surface area (TPSA) is 74.7 Å². The molecule has 47 heavy (non-hydrogen) atoms. The normalized spacial score (nSPS) is 23.6. The Balaban J connectivity index is 1.34. The Bertz CT molecular complexity index is 1950. The smallest absolute Gasteiger partial charge is 0.319 e. The van der Waals surface area contributed by atoms with E-state index in [1.807, 2.05) is 24.9 Å². The lowest BCUT2D eigenvalue weighted by atomic mass is 9.94. The number of likely N-dealkylation sites (N-methyl/N-ethyl adjacent to an activating group) is 1. The first-order valence-corrected chi connectivity index (χ1v) is 16.0. The Morgan fingerprint density at radius 1 is 1.21 bits per heavy atom. The SMILES string of the molecule is C=CC(=O)N1CC[C@@H](N(C)c2nc(OC[C@]34CCCN3C/C(=C\F)C4)nc3c(F)c(-c4cccc5ccc(F)c(C)c45)ncc23)[C@H]1C. The highest BCUT2D eigenvalue weighted by atomic mass is 19.1. The summed E-state index contributed by atoms with van der Waals surface area (Å²) in [6, 6.07) is 8.15. The average molecular weight is 643 g/mol. The van der Waals surface area contributed by atoms with E-state index in [0.29, 0.717) is 60.0 Å². The van der Waals surface area contributed by atoms with Gasteiger partial charge in [-0.2, -0.15) is 9.97 Å². The van der Waals surface area contributed by atoms with Crippen molar-refractivity contribution in [2.75, 3.05) is 38.2 Å². The number of benzene rings is 2.